The summed E-state index contributed by atoms with van der Waals surface area (Å²) in [4.78, 5) is 51.6. The number of benzene rings is 2. The van der Waals surface area contributed by atoms with Gasteiger partial charge in [-0.1, -0.05) is 30.3 Å². The van der Waals surface area contributed by atoms with Crippen molar-refractivity contribution in [1.82, 2.24) is 10.2 Å². The highest BCUT2D eigenvalue weighted by Crippen LogP contribution is 2.32. The number of carbonyl (C=O) groups is 4. The van der Waals surface area contributed by atoms with Crippen molar-refractivity contribution >= 4 is 23.8 Å². The fourth-order valence-electron chi connectivity index (χ4n) is 4.40. The Kier molecular flexibility index (Phi) is 8.85. The first kappa shape index (κ1) is 26.9. The summed E-state index contributed by atoms with van der Waals surface area (Å²) in [6, 6.07) is 15.6. The molecule has 8 nitrogen and oxygen atoms in total. The van der Waals surface area contributed by atoms with Crippen LogP contribution in [0, 0.1) is 0 Å². The number of nitrogens with one attached hydrogen (secondary N) is 1. The molecule has 3 rings (SSSR count). The van der Waals surface area contributed by atoms with E-state index in [1.165, 1.54) is 12.1 Å². The van der Waals surface area contributed by atoms with E-state index in [1.807, 2.05) is 30.3 Å². The third-order valence-electron chi connectivity index (χ3n) is 5.90. The molecule has 0 spiro atoms. The highest BCUT2D eigenvalue weighted by molar-refractivity contribution is 5.95. The molecule has 0 saturated carbocycles. The molecule has 2 atom stereocenters. The van der Waals surface area contributed by atoms with E-state index >= 15 is 0 Å². The minimum atomic E-state index is -0.712. The molecule has 2 aromatic carbocycles. The lowest BCUT2D eigenvalue weighted by Gasteiger charge is -2.40. The van der Waals surface area contributed by atoms with Crippen LogP contribution in [-0.4, -0.2) is 53.4 Å². The average Bonchev–Trinajstić information content (AvgIpc) is 2.83. The highest BCUT2D eigenvalue weighted by Gasteiger charge is 2.36. The number of piperidine rings is 1. The maximum atomic E-state index is 13.4. The van der Waals surface area contributed by atoms with Crippen LogP contribution in [0.25, 0.3) is 0 Å². The lowest BCUT2D eigenvalue weighted by molar-refractivity contribution is -0.133. The first-order valence-corrected chi connectivity index (χ1v) is 12.2. The lowest BCUT2D eigenvalue weighted by Crippen LogP contribution is -2.48. The second-order valence-electron chi connectivity index (χ2n) is 9.91. The molecule has 2 amide bonds. The lowest BCUT2D eigenvalue weighted by atomic mass is 9.82. The number of amides is 2. The smallest absolute Gasteiger partial charge is 0.408 e. The van der Waals surface area contributed by atoms with E-state index in [-0.39, 0.29) is 35.9 Å². The van der Waals surface area contributed by atoms with Gasteiger partial charge in [-0.25, -0.2) is 9.59 Å². The monoisotopic (exact) mass is 494 g/mol. The van der Waals surface area contributed by atoms with Crippen molar-refractivity contribution in [2.24, 2.45) is 0 Å². The van der Waals surface area contributed by atoms with Crippen LogP contribution < -0.4 is 10.1 Å². The Morgan fingerprint density at radius 2 is 1.67 bits per heavy atom. The van der Waals surface area contributed by atoms with E-state index in [2.05, 4.69) is 5.32 Å². The Balaban J connectivity index is 1.65. The molecule has 1 aliphatic rings. The second kappa shape index (κ2) is 11.8. The SMILES string of the molecule is CC(=O)C(c1ccccc1)C1CCCCN1C(=O)c1ccc(OC(=O)CNC(=O)OC(C)(C)C)cc1. The molecule has 1 aliphatic heterocycles. The van der Waals surface area contributed by atoms with Crippen LogP contribution in [0.2, 0.25) is 0 Å². The molecule has 1 N–H and O–H groups in total. The standard InChI is InChI=1S/C28H34N2O6/c1-19(31)25(20-10-6-5-7-11-20)23-12-8-9-17-30(23)26(33)21-13-15-22(16-14-21)35-24(32)18-29-27(34)36-28(2,3)4/h5-7,10-11,13-16,23,25H,8-9,12,17-18H2,1-4H3,(H,29,34). The number of esters is 1. The van der Waals surface area contributed by atoms with Crippen molar-refractivity contribution in [3.8, 4) is 5.75 Å². The van der Waals surface area contributed by atoms with Crippen LogP contribution in [0.5, 0.6) is 5.75 Å². The number of ether oxygens (including phenoxy) is 2. The van der Waals surface area contributed by atoms with Crippen LogP contribution in [0.4, 0.5) is 4.79 Å². The van der Waals surface area contributed by atoms with Gasteiger partial charge in [0.2, 0.25) is 0 Å². The normalized spacial score (nSPS) is 16.6. The number of nitrogens with zero attached hydrogens (tertiary/aromatic N) is 1. The van der Waals surface area contributed by atoms with Crippen molar-refractivity contribution < 1.29 is 28.7 Å². The first-order chi connectivity index (χ1) is 17.0. The molecule has 1 fully saturated rings. The number of rotatable bonds is 7. The second-order valence-corrected chi connectivity index (χ2v) is 9.91. The zero-order chi connectivity index (χ0) is 26.3. The molecular formula is C28H34N2O6. The van der Waals surface area contributed by atoms with E-state index in [0.29, 0.717) is 12.1 Å². The summed E-state index contributed by atoms with van der Waals surface area (Å²) in [5, 5.41) is 2.35. The zero-order valence-electron chi connectivity index (χ0n) is 21.3. The van der Waals surface area contributed by atoms with Crippen LogP contribution in [0.3, 0.4) is 0 Å². The van der Waals surface area contributed by atoms with Gasteiger partial charge in [0.05, 0.1) is 5.92 Å². The number of hydrogen-bond acceptors (Lipinski definition) is 6. The van der Waals surface area contributed by atoms with Crippen LogP contribution in [0.15, 0.2) is 54.6 Å². The highest BCUT2D eigenvalue weighted by atomic mass is 16.6. The van der Waals surface area contributed by atoms with Gasteiger partial charge in [0.15, 0.2) is 0 Å². The van der Waals surface area contributed by atoms with Crippen molar-refractivity contribution in [3.05, 3.63) is 65.7 Å². The summed E-state index contributed by atoms with van der Waals surface area (Å²) in [6.45, 7) is 6.98. The molecule has 0 aromatic heterocycles. The Bertz CT molecular complexity index is 1080. The van der Waals surface area contributed by atoms with Crippen molar-refractivity contribution in [2.75, 3.05) is 13.1 Å². The maximum absolute atomic E-state index is 13.4. The number of Topliss-reactive ketones (excluding diaryl/α,β-unsaturated/α-hetero) is 1. The molecule has 2 aromatic rings. The molecule has 0 aliphatic carbocycles. The van der Waals surface area contributed by atoms with Gasteiger partial charge in [0.1, 0.15) is 23.7 Å². The Labute approximate surface area is 212 Å². The number of alkyl carbamates (subject to hydrolysis) is 1. The van der Waals surface area contributed by atoms with E-state index < -0.39 is 17.7 Å². The molecule has 2 unspecified atom stereocenters. The fraction of sp³-hybridized carbons (Fsp3) is 0.429. The van der Waals surface area contributed by atoms with Crippen LogP contribution >= 0.6 is 0 Å². The fourth-order valence-corrected chi connectivity index (χ4v) is 4.40. The third kappa shape index (κ3) is 7.41. The summed E-state index contributed by atoms with van der Waals surface area (Å²) in [5.74, 6) is -0.917. The Morgan fingerprint density at radius 3 is 2.28 bits per heavy atom. The molecule has 1 heterocycles. The summed E-state index contributed by atoms with van der Waals surface area (Å²) < 4.78 is 10.3. The molecular weight excluding hydrogens is 460 g/mol. The minimum Gasteiger partial charge on any atom is -0.444 e. The van der Waals surface area contributed by atoms with Gasteiger partial charge >= 0.3 is 12.1 Å². The first-order valence-electron chi connectivity index (χ1n) is 12.2. The molecule has 8 heteroatoms. The topological polar surface area (TPSA) is 102 Å². The summed E-state index contributed by atoms with van der Waals surface area (Å²) in [6.07, 6.45) is 1.88. The maximum Gasteiger partial charge on any atom is 0.408 e. The molecule has 1 saturated heterocycles. The molecule has 0 radical (unpaired) electrons. The number of hydrogen-bond donors (Lipinski definition) is 1. The van der Waals surface area contributed by atoms with Gasteiger partial charge in [0, 0.05) is 18.2 Å². The third-order valence-corrected chi connectivity index (χ3v) is 5.90. The van der Waals surface area contributed by atoms with Crippen molar-refractivity contribution in [1.29, 1.82) is 0 Å². The van der Waals surface area contributed by atoms with Crippen molar-refractivity contribution in [3.63, 3.8) is 0 Å². The van der Waals surface area contributed by atoms with Crippen LogP contribution in [0.1, 0.15) is 68.8 Å². The molecule has 192 valence electrons. The average molecular weight is 495 g/mol. The van der Waals surface area contributed by atoms with Gasteiger partial charge < -0.3 is 19.7 Å². The number of likely N-dealkylation sites (tertiary alicyclic amines) is 1. The zero-order valence-corrected chi connectivity index (χ0v) is 21.3. The summed E-state index contributed by atoms with van der Waals surface area (Å²) in [7, 11) is 0. The largest absolute Gasteiger partial charge is 0.444 e. The quantitative estimate of drug-likeness (QED) is 0.450. The molecule has 36 heavy (non-hydrogen) atoms. The summed E-state index contributed by atoms with van der Waals surface area (Å²) in [5.41, 5.74) is 0.691. The summed E-state index contributed by atoms with van der Waals surface area (Å²) >= 11 is 0. The van der Waals surface area contributed by atoms with E-state index in [1.54, 1.807) is 44.7 Å². The predicted octanol–water partition coefficient (Wildman–Crippen LogP) is 4.48. The van der Waals surface area contributed by atoms with Gasteiger partial charge in [-0.3, -0.25) is 9.59 Å². The number of carbonyl (C=O) groups excluding carboxylic acids is 4. The predicted molar refractivity (Wildman–Crippen MR) is 135 cm³/mol. The van der Waals surface area contributed by atoms with E-state index in [0.717, 1.165) is 24.8 Å². The van der Waals surface area contributed by atoms with E-state index in [4.69, 9.17) is 9.47 Å². The Morgan fingerprint density at radius 1 is 1.00 bits per heavy atom. The Hall–Kier alpha value is -3.68. The minimum absolute atomic E-state index is 0.0353. The van der Waals surface area contributed by atoms with Crippen molar-refractivity contribution in [2.45, 2.75) is 64.5 Å². The van der Waals surface area contributed by atoms with Gasteiger partial charge in [-0.2, -0.15) is 0 Å². The van der Waals surface area contributed by atoms with Gasteiger partial charge in [-0.15, -0.1) is 0 Å². The molecule has 0 bridgehead atoms. The van der Waals surface area contributed by atoms with Gasteiger partial charge in [-0.05, 0) is 76.8 Å². The number of ketones is 1. The van der Waals surface area contributed by atoms with Gasteiger partial charge in [0.25, 0.3) is 5.91 Å². The van der Waals surface area contributed by atoms with Crippen LogP contribution in [-0.2, 0) is 14.3 Å². The van der Waals surface area contributed by atoms with E-state index in [9.17, 15) is 19.2 Å².